The quantitative estimate of drug-likeness (QED) is 0.401. The molecule has 3 aromatic rings. The molecule has 0 aliphatic carbocycles. The normalized spacial score (nSPS) is 12.5. The van der Waals surface area contributed by atoms with Gasteiger partial charge in [0.2, 0.25) is 0 Å². The summed E-state index contributed by atoms with van der Waals surface area (Å²) in [6.07, 6.45) is 0. The van der Waals surface area contributed by atoms with Crippen molar-refractivity contribution in [2.45, 2.75) is 0 Å². The predicted molar refractivity (Wildman–Crippen MR) is 125 cm³/mol. The van der Waals surface area contributed by atoms with Crippen LogP contribution >= 0.6 is 27.5 Å². The molecule has 0 radical (unpaired) electrons. The Morgan fingerprint density at radius 1 is 0.824 bits per heavy atom. The lowest BCUT2D eigenvalue weighted by atomic mass is 10.0. The molecule has 34 heavy (non-hydrogen) atoms. The van der Waals surface area contributed by atoms with E-state index in [0.29, 0.717) is 9.37 Å². The topological polar surface area (TPSA) is 141 Å². The number of hydrogen-bond donors (Lipinski definition) is 3. The minimum absolute atomic E-state index is 0.00874. The molecule has 0 saturated carbocycles. The molecule has 0 saturated heterocycles. The zero-order chi connectivity index (χ0) is 24.7. The first-order valence-corrected chi connectivity index (χ1v) is 10.7. The van der Waals surface area contributed by atoms with Crippen molar-refractivity contribution < 1.29 is 34.2 Å². The molecule has 3 amide bonds. The Kier molecular flexibility index (Phi) is 5.94. The van der Waals surface area contributed by atoms with Gasteiger partial charge in [0.1, 0.15) is 0 Å². The summed E-state index contributed by atoms with van der Waals surface area (Å²) >= 11 is 9.13. The van der Waals surface area contributed by atoms with Gasteiger partial charge in [-0.15, -0.1) is 0 Å². The molecule has 0 atom stereocenters. The average molecular weight is 544 g/mol. The Balaban J connectivity index is 1.69. The van der Waals surface area contributed by atoms with Crippen LogP contribution in [0.2, 0.25) is 5.02 Å². The molecule has 170 valence electrons. The summed E-state index contributed by atoms with van der Waals surface area (Å²) in [5, 5.41) is 21.4. The lowest BCUT2D eigenvalue weighted by Gasteiger charge is -2.16. The van der Waals surface area contributed by atoms with Crippen molar-refractivity contribution in [2.24, 2.45) is 0 Å². The lowest BCUT2D eigenvalue weighted by Crippen LogP contribution is -2.31. The fraction of sp³-hybridized carbons (Fsp3) is 0. The van der Waals surface area contributed by atoms with Gasteiger partial charge in [0, 0.05) is 15.1 Å². The van der Waals surface area contributed by atoms with Crippen LogP contribution in [0.4, 0.5) is 11.4 Å². The molecule has 0 unspecified atom stereocenters. The second-order valence-electron chi connectivity index (χ2n) is 7.12. The van der Waals surface area contributed by atoms with Crippen molar-refractivity contribution >= 4 is 68.6 Å². The third kappa shape index (κ3) is 4.04. The highest BCUT2D eigenvalue weighted by atomic mass is 79.9. The molecule has 1 aliphatic rings. The van der Waals surface area contributed by atoms with Gasteiger partial charge in [-0.1, -0.05) is 27.5 Å². The number of nitrogens with zero attached hydrogens (tertiary/aromatic N) is 1. The average Bonchev–Trinajstić information content (AvgIpc) is 3.03. The molecule has 3 N–H and O–H groups in total. The van der Waals surface area contributed by atoms with E-state index < -0.39 is 29.7 Å². The monoisotopic (exact) mass is 542 g/mol. The van der Waals surface area contributed by atoms with E-state index in [1.165, 1.54) is 48.5 Å². The van der Waals surface area contributed by atoms with Gasteiger partial charge in [-0.2, -0.15) is 0 Å². The van der Waals surface area contributed by atoms with Crippen LogP contribution in [-0.4, -0.2) is 39.9 Å². The Morgan fingerprint density at radius 3 is 2.18 bits per heavy atom. The number of nitrogens with one attached hydrogen (secondary N) is 1. The fourth-order valence-corrected chi connectivity index (χ4v) is 4.00. The van der Waals surface area contributed by atoms with Crippen molar-refractivity contribution in [2.75, 3.05) is 10.2 Å². The number of carbonyl (C=O) groups excluding carboxylic acids is 3. The molecule has 0 bridgehead atoms. The number of aromatic carboxylic acids is 2. The van der Waals surface area contributed by atoms with E-state index in [0.717, 1.165) is 0 Å². The number of benzene rings is 3. The van der Waals surface area contributed by atoms with E-state index in [9.17, 15) is 34.2 Å². The number of imide groups is 1. The smallest absolute Gasteiger partial charge is 0.337 e. The number of anilines is 2. The first kappa shape index (κ1) is 23.1. The van der Waals surface area contributed by atoms with E-state index in [1.807, 2.05) is 0 Å². The molecule has 0 fully saturated rings. The van der Waals surface area contributed by atoms with Crippen LogP contribution in [0.5, 0.6) is 0 Å². The number of hydrogen-bond acceptors (Lipinski definition) is 5. The number of fused-ring (bicyclic) bond motifs is 1. The third-order valence-electron chi connectivity index (χ3n) is 5.04. The van der Waals surface area contributed by atoms with Crippen LogP contribution < -0.4 is 10.2 Å². The summed E-state index contributed by atoms with van der Waals surface area (Å²) in [4.78, 5) is 62.5. The number of carboxylic acid groups (broad SMARTS) is 2. The minimum Gasteiger partial charge on any atom is -0.478 e. The van der Waals surface area contributed by atoms with E-state index in [1.54, 1.807) is 6.07 Å². The summed E-state index contributed by atoms with van der Waals surface area (Å²) in [7, 11) is 0. The molecular weight excluding hydrogens is 532 g/mol. The predicted octanol–water partition coefficient (Wildman–Crippen LogP) is 4.55. The maximum atomic E-state index is 13.1. The second kappa shape index (κ2) is 8.73. The molecule has 1 aliphatic heterocycles. The van der Waals surface area contributed by atoms with Crippen molar-refractivity contribution in [3.05, 3.63) is 91.9 Å². The van der Waals surface area contributed by atoms with E-state index in [4.69, 9.17) is 11.6 Å². The highest BCUT2D eigenvalue weighted by molar-refractivity contribution is 9.10. The molecule has 3 aromatic carbocycles. The van der Waals surface area contributed by atoms with Crippen molar-refractivity contribution in [1.82, 2.24) is 0 Å². The zero-order valence-electron chi connectivity index (χ0n) is 16.8. The SMILES string of the molecule is O=C(Nc1ccc(Br)cc1C(=O)O)c1ccc2c(c1)C(=O)N(c1cc(Cl)ccc1C(=O)O)C2=O. The first-order chi connectivity index (χ1) is 16.1. The number of amides is 3. The summed E-state index contributed by atoms with van der Waals surface area (Å²) in [6.45, 7) is 0. The molecular formula is C23H12BrClN2O7. The summed E-state index contributed by atoms with van der Waals surface area (Å²) < 4.78 is 0.506. The fourth-order valence-electron chi connectivity index (χ4n) is 3.47. The molecule has 0 spiro atoms. The summed E-state index contributed by atoms with van der Waals surface area (Å²) in [5.74, 6) is -4.91. The zero-order valence-corrected chi connectivity index (χ0v) is 19.2. The molecule has 1 heterocycles. The maximum Gasteiger partial charge on any atom is 0.337 e. The largest absolute Gasteiger partial charge is 0.478 e. The van der Waals surface area contributed by atoms with Gasteiger partial charge in [-0.3, -0.25) is 14.4 Å². The van der Waals surface area contributed by atoms with Crippen molar-refractivity contribution in [3.63, 3.8) is 0 Å². The Hall–Kier alpha value is -4.02. The number of carboxylic acids is 2. The van der Waals surface area contributed by atoms with Gasteiger partial charge >= 0.3 is 11.9 Å². The van der Waals surface area contributed by atoms with E-state index in [2.05, 4.69) is 21.2 Å². The van der Waals surface area contributed by atoms with Crippen LogP contribution in [0.15, 0.2) is 59.1 Å². The van der Waals surface area contributed by atoms with Crippen molar-refractivity contribution in [3.8, 4) is 0 Å². The highest BCUT2D eigenvalue weighted by Crippen LogP contribution is 2.33. The maximum absolute atomic E-state index is 13.1. The Bertz CT molecular complexity index is 1440. The van der Waals surface area contributed by atoms with Gasteiger partial charge in [0.15, 0.2) is 0 Å². The van der Waals surface area contributed by atoms with Gasteiger partial charge in [-0.05, 0) is 54.6 Å². The van der Waals surface area contributed by atoms with E-state index >= 15 is 0 Å². The highest BCUT2D eigenvalue weighted by Gasteiger charge is 2.39. The second-order valence-corrected chi connectivity index (χ2v) is 8.47. The number of halogens is 2. The standard InChI is InChI=1S/C23H12BrClN2O7/c24-11-2-6-17(16(8-11)23(33)34)26-19(28)10-1-4-13-15(7-10)21(30)27(20(13)29)18-9-12(25)3-5-14(18)22(31)32/h1-9H,(H,26,28)(H,31,32)(H,33,34). The molecule has 0 aromatic heterocycles. The van der Waals surface area contributed by atoms with Crippen molar-refractivity contribution in [1.29, 1.82) is 0 Å². The van der Waals surface area contributed by atoms with Crippen LogP contribution in [0.3, 0.4) is 0 Å². The minimum atomic E-state index is -1.35. The van der Waals surface area contributed by atoms with Crippen LogP contribution in [0.1, 0.15) is 51.8 Å². The third-order valence-corrected chi connectivity index (χ3v) is 5.77. The number of carbonyl (C=O) groups is 5. The summed E-state index contributed by atoms with van der Waals surface area (Å²) in [6, 6.07) is 11.7. The van der Waals surface area contributed by atoms with Gasteiger partial charge in [-0.25, -0.2) is 14.5 Å². The van der Waals surface area contributed by atoms with Gasteiger partial charge in [0.05, 0.1) is 33.6 Å². The van der Waals surface area contributed by atoms with Crippen LogP contribution in [-0.2, 0) is 0 Å². The van der Waals surface area contributed by atoms with E-state index in [-0.39, 0.29) is 44.2 Å². The summed E-state index contributed by atoms with van der Waals surface area (Å²) in [5.41, 5.74) is -0.744. The lowest BCUT2D eigenvalue weighted by molar-refractivity contribution is 0.0686. The molecule has 4 rings (SSSR count). The Morgan fingerprint density at radius 2 is 1.50 bits per heavy atom. The van der Waals surface area contributed by atoms with Crippen LogP contribution in [0, 0.1) is 0 Å². The molecule has 11 heteroatoms. The van der Waals surface area contributed by atoms with Gasteiger partial charge < -0.3 is 15.5 Å². The van der Waals surface area contributed by atoms with Crippen LogP contribution in [0.25, 0.3) is 0 Å². The number of rotatable bonds is 5. The molecule has 9 nitrogen and oxygen atoms in total. The van der Waals surface area contributed by atoms with Gasteiger partial charge in [0.25, 0.3) is 17.7 Å². The Labute approximate surface area is 204 Å². The first-order valence-electron chi connectivity index (χ1n) is 9.48.